The number of imidazole rings is 1. The number of fused-ring (bicyclic) bond motifs is 1. The van der Waals surface area contributed by atoms with Gasteiger partial charge in [0.15, 0.2) is 0 Å². The van der Waals surface area contributed by atoms with E-state index >= 15 is 0 Å². The maximum Gasteiger partial charge on any atom is 0.268 e. The fourth-order valence-corrected chi connectivity index (χ4v) is 3.48. The number of nitrogens with one attached hydrogen (secondary N) is 4. The molecule has 3 rings (SSSR count). The van der Waals surface area contributed by atoms with Crippen LogP contribution in [0.25, 0.3) is 10.9 Å². The monoisotopic (exact) mass is 440 g/mol. The topological polar surface area (TPSA) is 155 Å². The van der Waals surface area contributed by atoms with Crippen LogP contribution in [0.1, 0.15) is 36.5 Å². The highest BCUT2D eigenvalue weighted by Gasteiger charge is 2.27. The molecule has 0 saturated heterocycles. The molecule has 10 heteroatoms. The molecule has 0 bridgehead atoms. The van der Waals surface area contributed by atoms with Crippen molar-refractivity contribution in [3.8, 4) is 5.75 Å². The molecule has 2 unspecified atom stereocenters. The van der Waals surface area contributed by atoms with E-state index < -0.39 is 29.8 Å². The molecule has 6 N–H and O–H groups in total. The maximum atomic E-state index is 13.0. The number of nitrogens with two attached hydrogens (primary N) is 1. The molecule has 0 aliphatic heterocycles. The number of aromatic amines is 2. The summed E-state index contributed by atoms with van der Waals surface area (Å²) in [6.07, 6.45) is 3.59. The summed E-state index contributed by atoms with van der Waals surface area (Å²) in [6, 6.07) is 5.35. The van der Waals surface area contributed by atoms with Crippen LogP contribution in [0, 0.1) is 5.92 Å². The van der Waals surface area contributed by atoms with Crippen LogP contribution in [0.2, 0.25) is 0 Å². The molecule has 32 heavy (non-hydrogen) atoms. The number of carbonyl (C=O) groups excluding carboxylic acids is 3. The van der Waals surface area contributed by atoms with Gasteiger partial charge in [-0.3, -0.25) is 14.4 Å². The first-order chi connectivity index (χ1) is 15.3. The fourth-order valence-electron chi connectivity index (χ4n) is 3.48. The Morgan fingerprint density at radius 1 is 1.19 bits per heavy atom. The zero-order chi connectivity index (χ0) is 23.3. The molecule has 3 amide bonds. The van der Waals surface area contributed by atoms with E-state index in [2.05, 4.69) is 25.6 Å². The molecule has 0 radical (unpaired) electrons. The van der Waals surface area contributed by atoms with Gasteiger partial charge in [0.25, 0.3) is 5.91 Å². The van der Waals surface area contributed by atoms with Crippen LogP contribution in [0.3, 0.4) is 0 Å². The predicted octanol–water partition coefficient (Wildman–Crippen LogP) is 1.26. The molecule has 0 aliphatic carbocycles. The van der Waals surface area contributed by atoms with Crippen LogP contribution in [-0.4, -0.2) is 51.9 Å². The van der Waals surface area contributed by atoms with E-state index in [1.807, 2.05) is 26.0 Å². The van der Waals surface area contributed by atoms with E-state index in [9.17, 15) is 14.4 Å². The maximum absolute atomic E-state index is 13.0. The van der Waals surface area contributed by atoms with Crippen molar-refractivity contribution in [2.45, 2.75) is 38.8 Å². The second kappa shape index (κ2) is 9.99. The highest BCUT2D eigenvalue weighted by atomic mass is 16.5. The smallest absolute Gasteiger partial charge is 0.268 e. The van der Waals surface area contributed by atoms with Crippen molar-refractivity contribution in [2.75, 3.05) is 7.11 Å². The lowest BCUT2D eigenvalue weighted by Crippen LogP contribution is -2.54. The van der Waals surface area contributed by atoms with Gasteiger partial charge in [-0.05, 0) is 30.5 Å². The van der Waals surface area contributed by atoms with Gasteiger partial charge in [-0.15, -0.1) is 0 Å². The third-order valence-electron chi connectivity index (χ3n) is 5.06. The third-order valence-corrected chi connectivity index (χ3v) is 5.06. The number of rotatable bonds is 10. The number of methoxy groups -OCH3 is 1. The fraction of sp³-hybridized carbons (Fsp3) is 0.364. The molecular weight excluding hydrogens is 412 g/mol. The molecule has 10 nitrogen and oxygen atoms in total. The number of hydrogen-bond acceptors (Lipinski definition) is 5. The largest absolute Gasteiger partial charge is 0.496 e. The summed E-state index contributed by atoms with van der Waals surface area (Å²) in [6.45, 7) is 3.88. The molecule has 0 aliphatic rings. The number of hydrogen-bond donors (Lipinski definition) is 5. The molecule has 0 saturated carbocycles. The van der Waals surface area contributed by atoms with Gasteiger partial charge in [0, 0.05) is 29.2 Å². The number of ether oxygens (including phenoxy) is 1. The molecule has 3 aromatic rings. The summed E-state index contributed by atoms with van der Waals surface area (Å²) >= 11 is 0. The number of benzene rings is 1. The molecule has 0 fully saturated rings. The minimum absolute atomic E-state index is 0.119. The summed E-state index contributed by atoms with van der Waals surface area (Å²) in [4.78, 5) is 47.6. The normalized spacial score (nSPS) is 13.0. The van der Waals surface area contributed by atoms with Crippen LogP contribution in [0.4, 0.5) is 0 Å². The van der Waals surface area contributed by atoms with Crippen molar-refractivity contribution in [1.82, 2.24) is 25.6 Å². The number of nitrogens with zero attached hydrogens (tertiary/aromatic N) is 1. The van der Waals surface area contributed by atoms with E-state index in [1.165, 1.54) is 6.33 Å². The van der Waals surface area contributed by atoms with Gasteiger partial charge in [-0.1, -0.05) is 19.9 Å². The molecule has 0 spiro atoms. The summed E-state index contributed by atoms with van der Waals surface area (Å²) in [5.74, 6) is -0.839. The second-order valence-corrected chi connectivity index (χ2v) is 8.00. The third kappa shape index (κ3) is 5.45. The van der Waals surface area contributed by atoms with Crippen LogP contribution in [0.5, 0.6) is 5.75 Å². The SMILES string of the molecule is COc1cccc2[nH]c(C(=O)NC(CC(C)C)C(=O)NC(Cc3cnc[nH]3)C(N)=O)cc12. The Morgan fingerprint density at radius 2 is 1.97 bits per heavy atom. The van der Waals surface area contributed by atoms with Gasteiger partial charge in [0.2, 0.25) is 11.8 Å². The average Bonchev–Trinajstić information content (AvgIpc) is 3.41. The minimum atomic E-state index is -0.938. The Bertz CT molecular complexity index is 1090. The van der Waals surface area contributed by atoms with Gasteiger partial charge >= 0.3 is 0 Å². The van der Waals surface area contributed by atoms with Crippen LogP contribution in [-0.2, 0) is 16.0 Å². The number of amides is 3. The number of carbonyl (C=O) groups is 3. The van der Waals surface area contributed by atoms with Crippen molar-refractivity contribution >= 4 is 28.6 Å². The lowest BCUT2D eigenvalue weighted by atomic mass is 10.0. The van der Waals surface area contributed by atoms with Gasteiger partial charge in [-0.25, -0.2) is 4.98 Å². The van der Waals surface area contributed by atoms with Gasteiger partial charge < -0.3 is 31.1 Å². The summed E-state index contributed by atoms with van der Waals surface area (Å²) < 4.78 is 5.34. The highest BCUT2D eigenvalue weighted by Crippen LogP contribution is 2.26. The molecule has 2 atom stereocenters. The zero-order valence-electron chi connectivity index (χ0n) is 18.3. The van der Waals surface area contributed by atoms with Gasteiger partial charge in [0.1, 0.15) is 23.5 Å². The second-order valence-electron chi connectivity index (χ2n) is 8.00. The molecular formula is C22H28N6O4. The van der Waals surface area contributed by atoms with Crippen molar-refractivity contribution in [1.29, 1.82) is 0 Å². The van der Waals surface area contributed by atoms with Crippen molar-refractivity contribution in [3.63, 3.8) is 0 Å². The van der Waals surface area contributed by atoms with E-state index in [-0.39, 0.29) is 12.3 Å². The van der Waals surface area contributed by atoms with E-state index in [0.29, 0.717) is 23.6 Å². The number of aromatic nitrogens is 3. The lowest BCUT2D eigenvalue weighted by Gasteiger charge is -2.22. The van der Waals surface area contributed by atoms with Crippen LogP contribution >= 0.6 is 0 Å². The van der Waals surface area contributed by atoms with Crippen molar-refractivity contribution < 1.29 is 19.1 Å². The summed E-state index contributed by atoms with van der Waals surface area (Å²) in [5.41, 5.74) is 7.18. The average molecular weight is 441 g/mol. The van der Waals surface area contributed by atoms with E-state index in [1.54, 1.807) is 25.4 Å². The van der Waals surface area contributed by atoms with Gasteiger partial charge in [-0.2, -0.15) is 0 Å². The summed E-state index contributed by atoms with van der Waals surface area (Å²) in [7, 11) is 1.56. The standard InChI is InChI=1S/C22H28N6O4/c1-12(2)7-17(21(30)27-16(20(23)29)8-13-10-24-11-25-13)28-22(31)18-9-14-15(26-18)5-4-6-19(14)32-3/h4-6,9-12,16-17,26H,7-8H2,1-3H3,(H2,23,29)(H,24,25)(H,27,30)(H,28,31). The Labute approximate surface area is 185 Å². The number of primary amides is 1. The number of H-pyrrole nitrogens is 2. The van der Waals surface area contributed by atoms with Crippen molar-refractivity contribution in [3.05, 3.63) is 48.2 Å². The summed E-state index contributed by atoms with van der Waals surface area (Å²) in [5, 5.41) is 6.19. The molecule has 170 valence electrons. The molecule has 1 aromatic carbocycles. The Balaban J connectivity index is 1.75. The zero-order valence-corrected chi connectivity index (χ0v) is 18.3. The first-order valence-electron chi connectivity index (χ1n) is 10.3. The van der Waals surface area contributed by atoms with Gasteiger partial charge in [0.05, 0.1) is 13.4 Å². The first-order valence-corrected chi connectivity index (χ1v) is 10.3. The minimum Gasteiger partial charge on any atom is -0.496 e. The molecule has 2 heterocycles. The molecule has 2 aromatic heterocycles. The van der Waals surface area contributed by atoms with Crippen LogP contribution < -0.4 is 21.1 Å². The highest BCUT2D eigenvalue weighted by molar-refractivity contribution is 6.01. The lowest BCUT2D eigenvalue weighted by molar-refractivity contribution is -0.128. The first kappa shape index (κ1) is 22.9. The predicted molar refractivity (Wildman–Crippen MR) is 119 cm³/mol. The van der Waals surface area contributed by atoms with Crippen LogP contribution in [0.15, 0.2) is 36.8 Å². The van der Waals surface area contributed by atoms with E-state index in [4.69, 9.17) is 10.5 Å². The quantitative estimate of drug-likeness (QED) is 0.321. The van der Waals surface area contributed by atoms with Crippen molar-refractivity contribution in [2.24, 2.45) is 11.7 Å². The Morgan fingerprint density at radius 3 is 2.59 bits per heavy atom. The Kier molecular flexibility index (Phi) is 7.14. The Hall–Kier alpha value is -3.82. The van der Waals surface area contributed by atoms with E-state index in [0.717, 1.165) is 10.9 Å².